The lowest BCUT2D eigenvalue weighted by atomic mass is 9.64. The molecule has 3 rings (SSSR count). The molecule has 2 heteroatoms. The summed E-state index contributed by atoms with van der Waals surface area (Å²) in [6.07, 6.45) is 10.5. The maximum Gasteiger partial charge on any atom is 0.314 e. The average Bonchev–Trinajstić information content (AvgIpc) is 2.66. The van der Waals surface area contributed by atoms with Crippen molar-refractivity contribution in [2.24, 2.45) is 0 Å². The molecule has 0 atom stereocenters. The van der Waals surface area contributed by atoms with Crippen LogP contribution in [0, 0.1) is 0 Å². The predicted octanol–water partition coefficient (Wildman–Crippen LogP) is 4.63. The molecular weight excluding hydrogens is 248 g/mol. The second-order valence-corrected chi connectivity index (χ2v) is 6.55. The van der Waals surface area contributed by atoms with Crippen molar-refractivity contribution in [1.82, 2.24) is 0 Å². The molecule has 2 nitrogen and oxygen atoms in total. The van der Waals surface area contributed by atoms with Gasteiger partial charge in [0, 0.05) is 0 Å². The first kappa shape index (κ1) is 13.7. The largest absolute Gasteiger partial charge is 0.481 e. The summed E-state index contributed by atoms with van der Waals surface area (Å²) in [4.78, 5) is 11.6. The summed E-state index contributed by atoms with van der Waals surface area (Å²) in [5.41, 5.74) is 1.83. The van der Waals surface area contributed by atoms with Crippen LogP contribution < -0.4 is 0 Å². The monoisotopic (exact) mass is 272 g/mol. The van der Waals surface area contributed by atoms with E-state index in [0.717, 1.165) is 24.8 Å². The fourth-order valence-corrected chi connectivity index (χ4v) is 3.86. The van der Waals surface area contributed by atoms with E-state index < -0.39 is 11.4 Å². The summed E-state index contributed by atoms with van der Waals surface area (Å²) in [6, 6.07) is 8.49. The lowest BCUT2D eigenvalue weighted by Gasteiger charge is -2.38. The Kier molecular flexibility index (Phi) is 3.82. The summed E-state index contributed by atoms with van der Waals surface area (Å²) in [6.45, 7) is 0. The lowest BCUT2D eigenvalue weighted by molar-refractivity contribution is -0.147. The van der Waals surface area contributed by atoms with E-state index in [1.807, 2.05) is 6.07 Å². The average molecular weight is 272 g/mol. The van der Waals surface area contributed by atoms with Gasteiger partial charge in [-0.05, 0) is 42.7 Å². The van der Waals surface area contributed by atoms with Gasteiger partial charge in [-0.15, -0.1) is 0 Å². The highest BCUT2D eigenvalue weighted by atomic mass is 16.4. The third-order valence-corrected chi connectivity index (χ3v) is 5.38. The number of carbonyl (C=O) groups is 1. The molecule has 0 spiro atoms. The van der Waals surface area contributed by atoms with Gasteiger partial charge in [-0.2, -0.15) is 0 Å². The Morgan fingerprint density at radius 1 is 1.05 bits per heavy atom. The Labute approximate surface area is 121 Å². The van der Waals surface area contributed by atoms with Gasteiger partial charge in [-0.3, -0.25) is 4.79 Å². The zero-order chi connectivity index (χ0) is 14.0. The van der Waals surface area contributed by atoms with Crippen LogP contribution in [0.15, 0.2) is 24.3 Å². The van der Waals surface area contributed by atoms with Crippen LogP contribution >= 0.6 is 0 Å². The second kappa shape index (κ2) is 5.59. The smallest absolute Gasteiger partial charge is 0.314 e. The minimum atomic E-state index is -0.637. The number of rotatable bonds is 3. The van der Waals surface area contributed by atoms with Gasteiger partial charge in [0.15, 0.2) is 0 Å². The molecule has 2 fully saturated rings. The Balaban J connectivity index is 1.87. The van der Waals surface area contributed by atoms with E-state index in [1.54, 1.807) is 0 Å². The summed E-state index contributed by atoms with van der Waals surface area (Å²) in [5.74, 6) is 0.00476. The number of carboxylic acids is 1. The molecule has 108 valence electrons. The second-order valence-electron chi connectivity index (χ2n) is 6.55. The third kappa shape index (κ3) is 2.36. The third-order valence-electron chi connectivity index (χ3n) is 5.38. The predicted molar refractivity (Wildman–Crippen MR) is 80.0 cm³/mol. The molecule has 0 unspecified atom stereocenters. The molecule has 1 aromatic rings. The van der Waals surface area contributed by atoms with E-state index in [-0.39, 0.29) is 0 Å². The van der Waals surface area contributed by atoms with Crippen LogP contribution in [0.4, 0.5) is 0 Å². The van der Waals surface area contributed by atoms with Crippen LogP contribution in [0.25, 0.3) is 0 Å². The summed E-state index contributed by atoms with van der Waals surface area (Å²) >= 11 is 0. The lowest BCUT2D eigenvalue weighted by Crippen LogP contribution is -2.42. The zero-order valence-corrected chi connectivity index (χ0v) is 12.1. The first-order valence-corrected chi connectivity index (χ1v) is 8.06. The number of carboxylic acid groups (broad SMARTS) is 1. The highest BCUT2D eigenvalue weighted by molar-refractivity contribution is 5.82. The van der Waals surface area contributed by atoms with Gasteiger partial charge in [0.2, 0.25) is 0 Å². The minimum absolute atomic E-state index is 0.583. The molecule has 2 saturated carbocycles. The van der Waals surface area contributed by atoms with Crippen molar-refractivity contribution < 1.29 is 9.90 Å². The number of benzene rings is 1. The maximum atomic E-state index is 11.6. The number of hydrogen-bond acceptors (Lipinski definition) is 1. The van der Waals surface area contributed by atoms with Gasteiger partial charge in [-0.1, -0.05) is 56.4 Å². The molecule has 20 heavy (non-hydrogen) atoms. The van der Waals surface area contributed by atoms with Gasteiger partial charge in [0.25, 0.3) is 0 Å². The standard InChI is InChI=1S/C18H24O2/c19-17(20)18(11-6-12-18)16-10-5-9-15(13-16)14-7-3-1-2-4-8-14/h5,9-10,13-14H,1-4,6-8,11-12H2,(H,19,20). The van der Waals surface area contributed by atoms with Crippen molar-refractivity contribution in [2.45, 2.75) is 69.1 Å². The molecule has 0 aliphatic heterocycles. The quantitative estimate of drug-likeness (QED) is 0.814. The molecule has 2 aliphatic carbocycles. The molecule has 1 N–H and O–H groups in total. The van der Waals surface area contributed by atoms with Crippen LogP contribution in [0.3, 0.4) is 0 Å². The van der Waals surface area contributed by atoms with Gasteiger partial charge in [0.05, 0.1) is 5.41 Å². The molecule has 0 radical (unpaired) electrons. The molecule has 0 heterocycles. The normalized spacial score (nSPS) is 22.8. The molecule has 1 aromatic carbocycles. The van der Waals surface area contributed by atoms with Crippen LogP contribution in [0.1, 0.15) is 74.8 Å². The zero-order valence-electron chi connectivity index (χ0n) is 12.1. The van der Waals surface area contributed by atoms with Crippen LogP contribution in [-0.4, -0.2) is 11.1 Å². The molecule has 0 amide bonds. The van der Waals surface area contributed by atoms with Crippen molar-refractivity contribution in [3.05, 3.63) is 35.4 Å². The van der Waals surface area contributed by atoms with E-state index in [0.29, 0.717) is 5.92 Å². The molecule has 0 aromatic heterocycles. The van der Waals surface area contributed by atoms with Crippen molar-refractivity contribution in [1.29, 1.82) is 0 Å². The van der Waals surface area contributed by atoms with E-state index >= 15 is 0 Å². The summed E-state index contributed by atoms with van der Waals surface area (Å²) in [5, 5.41) is 9.58. The van der Waals surface area contributed by atoms with Crippen molar-refractivity contribution in [3.63, 3.8) is 0 Å². The van der Waals surface area contributed by atoms with Gasteiger partial charge >= 0.3 is 5.97 Å². The van der Waals surface area contributed by atoms with Crippen molar-refractivity contribution in [3.8, 4) is 0 Å². The van der Waals surface area contributed by atoms with Crippen molar-refractivity contribution in [2.75, 3.05) is 0 Å². The van der Waals surface area contributed by atoms with E-state index in [1.165, 1.54) is 44.1 Å². The summed E-state index contributed by atoms with van der Waals surface area (Å²) < 4.78 is 0. The Morgan fingerprint density at radius 2 is 1.75 bits per heavy atom. The van der Waals surface area contributed by atoms with E-state index in [9.17, 15) is 9.90 Å². The molecule has 2 aliphatic rings. The van der Waals surface area contributed by atoms with Gasteiger partial charge in [-0.25, -0.2) is 0 Å². The number of aliphatic carboxylic acids is 1. The van der Waals surface area contributed by atoms with E-state index in [2.05, 4.69) is 18.2 Å². The Morgan fingerprint density at radius 3 is 2.30 bits per heavy atom. The molecular formula is C18H24O2. The first-order chi connectivity index (χ1) is 9.72. The topological polar surface area (TPSA) is 37.3 Å². The fraction of sp³-hybridized carbons (Fsp3) is 0.611. The van der Waals surface area contributed by atoms with Crippen LogP contribution in [-0.2, 0) is 10.2 Å². The number of hydrogen-bond donors (Lipinski definition) is 1. The Hall–Kier alpha value is -1.31. The first-order valence-electron chi connectivity index (χ1n) is 8.06. The highest BCUT2D eigenvalue weighted by Gasteiger charge is 2.45. The van der Waals surface area contributed by atoms with Crippen molar-refractivity contribution >= 4 is 5.97 Å². The minimum Gasteiger partial charge on any atom is -0.481 e. The maximum absolute atomic E-state index is 11.6. The molecule has 0 saturated heterocycles. The van der Waals surface area contributed by atoms with Gasteiger partial charge in [0.1, 0.15) is 0 Å². The van der Waals surface area contributed by atoms with Crippen LogP contribution in [0.2, 0.25) is 0 Å². The highest BCUT2D eigenvalue weighted by Crippen LogP contribution is 2.45. The SMILES string of the molecule is O=C(O)C1(c2cccc(C3CCCCCC3)c2)CCC1. The van der Waals surface area contributed by atoms with E-state index in [4.69, 9.17) is 0 Å². The molecule has 0 bridgehead atoms. The van der Waals surface area contributed by atoms with Crippen LogP contribution in [0.5, 0.6) is 0 Å². The summed E-state index contributed by atoms with van der Waals surface area (Å²) in [7, 11) is 0. The fourth-order valence-electron chi connectivity index (χ4n) is 3.86. The Bertz CT molecular complexity index is 480. The van der Waals surface area contributed by atoms with Gasteiger partial charge < -0.3 is 5.11 Å².